The van der Waals surface area contributed by atoms with Gasteiger partial charge in [-0.25, -0.2) is 0 Å². The highest BCUT2D eigenvalue weighted by molar-refractivity contribution is 5.20. The summed E-state index contributed by atoms with van der Waals surface area (Å²) in [4.78, 5) is 2.36. The lowest BCUT2D eigenvalue weighted by Gasteiger charge is -2.22. The van der Waals surface area contributed by atoms with Gasteiger partial charge in [0.2, 0.25) is 0 Å². The first kappa shape index (κ1) is 10.0. The fourth-order valence-electron chi connectivity index (χ4n) is 1.83. The maximum Gasteiger partial charge on any atom is 0.0357 e. The van der Waals surface area contributed by atoms with Crippen LogP contribution in [0.25, 0.3) is 0 Å². The van der Waals surface area contributed by atoms with Crippen molar-refractivity contribution in [1.82, 2.24) is 4.90 Å². The first-order chi connectivity index (χ1) is 7.34. The molecule has 2 rings (SSSR count). The number of nitrogens with zero attached hydrogens (tertiary/aromatic N) is 1. The molecule has 0 N–H and O–H groups in total. The zero-order valence-corrected chi connectivity index (χ0v) is 9.19. The lowest BCUT2D eigenvalue weighted by atomic mass is 10.1. The molecule has 0 saturated carbocycles. The predicted octanol–water partition coefficient (Wildman–Crippen LogP) is 3.00. The van der Waals surface area contributed by atoms with Crippen LogP contribution in [0.2, 0.25) is 0 Å². The van der Waals surface area contributed by atoms with E-state index in [0.717, 1.165) is 19.5 Å². The van der Waals surface area contributed by atoms with Crippen molar-refractivity contribution in [2.45, 2.75) is 13.3 Å². The van der Waals surface area contributed by atoms with E-state index in [1.165, 1.54) is 11.1 Å². The van der Waals surface area contributed by atoms with Crippen LogP contribution in [0, 0.1) is 0 Å². The van der Waals surface area contributed by atoms with Crippen LogP contribution in [0.1, 0.15) is 12.5 Å². The summed E-state index contributed by atoms with van der Waals surface area (Å²) in [6.45, 7) is 4.29. The molecule has 0 saturated heterocycles. The number of rotatable bonds is 3. The Morgan fingerprint density at radius 1 is 1.20 bits per heavy atom. The van der Waals surface area contributed by atoms with Gasteiger partial charge in [0.15, 0.2) is 0 Å². The minimum atomic E-state index is 1.05. The average Bonchev–Trinajstić information content (AvgIpc) is 2.28. The molecular weight excluding hydrogens is 182 g/mol. The molecule has 0 radical (unpaired) electrons. The molecule has 0 unspecified atom stereocenters. The SMILES string of the molecule is CC1=CN(CCc2ccccc2)CC=C1. The lowest BCUT2D eigenvalue weighted by Crippen LogP contribution is -2.22. The van der Waals surface area contributed by atoms with Gasteiger partial charge in [0.25, 0.3) is 0 Å². The van der Waals surface area contributed by atoms with Gasteiger partial charge < -0.3 is 4.90 Å². The van der Waals surface area contributed by atoms with Crippen LogP contribution in [0.3, 0.4) is 0 Å². The molecule has 1 aliphatic rings. The second-order valence-electron chi connectivity index (χ2n) is 4.01. The van der Waals surface area contributed by atoms with Gasteiger partial charge >= 0.3 is 0 Å². The van der Waals surface area contributed by atoms with Gasteiger partial charge in [-0.3, -0.25) is 0 Å². The molecule has 1 aliphatic heterocycles. The average molecular weight is 199 g/mol. The number of benzene rings is 1. The minimum Gasteiger partial charge on any atom is -0.373 e. The van der Waals surface area contributed by atoms with E-state index in [0.29, 0.717) is 0 Å². The van der Waals surface area contributed by atoms with Crippen molar-refractivity contribution >= 4 is 0 Å². The van der Waals surface area contributed by atoms with Crippen LogP contribution in [-0.4, -0.2) is 18.0 Å². The van der Waals surface area contributed by atoms with Gasteiger partial charge in [-0.2, -0.15) is 0 Å². The molecule has 78 valence electrons. The summed E-state index contributed by atoms with van der Waals surface area (Å²) in [6, 6.07) is 10.7. The summed E-state index contributed by atoms with van der Waals surface area (Å²) < 4.78 is 0. The zero-order valence-electron chi connectivity index (χ0n) is 9.19. The molecule has 0 bridgehead atoms. The van der Waals surface area contributed by atoms with E-state index in [-0.39, 0.29) is 0 Å². The Hall–Kier alpha value is -1.50. The predicted molar refractivity (Wildman–Crippen MR) is 64.6 cm³/mol. The van der Waals surface area contributed by atoms with Crippen molar-refractivity contribution in [3.63, 3.8) is 0 Å². The molecule has 0 atom stereocenters. The molecule has 1 heterocycles. The van der Waals surface area contributed by atoms with E-state index in [9.17, 15) is 0 Å². The van der Waals surface area contributed by atoms with Crippen molar-refractivity contribution in [2.75, 3.05) is 13.1 Å². The van der Waals surface area contributed by atoms with Crippen molar-refractivity contribution in [3.05, 3.63) is 59.8 Å². The molecule has 0 aliphatic carbocycles. The number of hydrogen-bond donors (Lipinski definition) is 0. The fourth-order valence-corrected chi connectivity index (χ4v) is 1.83. The van der Waals surface area contributed by atoms with E-state index in [1.54, 1.807) is 0 Å². The topological polar surface area (TPSA) is 3.24 Å². The first-order valence-electron chi connectivity index (χ1n) is 5.47. The molecule has 1 aromatic rings. The molecule has 0 spiro atoms. The molecule has 1 nitrogen and oxygen atoms in total. The van der Waals surface area contributed by atoms with Gasteiger partial charge in [0.1, 0.15) is 0 Å². The number of allylic oxidation sites excluding steroid dienone is 2. The summed E-state index contributed by atoms with van der Waals surface area (Å²) in [6.07, 6.45) is 7.76. The third-order valence-corrected chi connectivity index (χ3v) is 2.64. The Bertz CT molecular complexity index is 362. The first-order valence-corrected chi connectivity index (χ1v) is 5.47. The third kappa shape index (κ3) is 2.98. The van der Waals surface area contributed by atoms with Crippen LogP contribution in [0.15, 0.2) is 54.3 Å². The second kappa shape index (κ2) is 4.83. The standard InChI is InChI=1S/C14H17N/c1-13-6-5-10-15(12-13)11-9-14-7-3-2-4-8-14/h2-8,12H,9-11H2,1H3. The van der Waals surface area contributed by atoms with E-state index < -0.39 is 0 Å². The van der Waals surface area contributed by atoms with Crippen LogP contribution in [-0.2, 0) is 6.42 Å². The maximum atomic E-state index is 2.36. The highest BCUT2D eigenvalue weighted by Gasteiger charge is 2.02. The highest BCUT2D eigenvalue weighted by Crippen LogP contribution is 2.08. The monoisotopic (exact) mass is 199 g/mol. The maximum absolute atomic E-state index is 2.36. The fraction of sp³-hybridized carbons (Fsp3) is 0.286. The Balaban J connectivity index is 1.87. The third-order valence-electron chi connectivity index (χ3n) is 2.64. The van der Waals surface area contributed by atoms with Crippen molar-refractivity contribution < 1.29 is 0 Å². The van der Waals surface area contributed by atoms with Crippen LogP contribution >= 0.6 is 0 Å². The Morgan fingerprint density at radius 3 is 2.73 bits per heavy atom. The molecular formula is C14H17N. The van der Waals surface area contributed by atoms with Crippen molar-refractivity contribution in [2.24, 2.45) is 0 Å². The molecule has 15 heavy (non-hydrogen) atoms. The van der Waals surface area contributed by atoms with E-state index >= 15 is 0 Å². The summed E-state index contributed by atoms with van der Waals surface area (Å²) in [5.74, 6) is 0. The quantitative estimate of drug-likeness (QED) is 0.723. The Kier molecular flexibility index (Phi) is 3.23. The molecule has 0 amide bonds. The van der Waals surface area contributed by atoms with Gasteiger partial charge in [0.05, 0.1) is 0 Å². The van der Waals surface area contributed by atoms with Crippen molar-refractivity contribution in [3.8, 4) is 0 Å². The minimum absolute atomic E-state index is 1.05. The lowest BCUT2D eigenvalue weighted by molar-refractivity contribution is 0.413. The molecule has 0 fully saturated rings. The smallest absolute Gasteiger partial charge is 0.0357 e. The van der Waals surface area contributed by atoms with E-state index in [1.807, 2.05) is 0 Å². The number of hydrogen-bond acceptors (Lipinski definition) is 1. The summed E-state index contributed by atoms with van der Waals surface area (Å²) in [5, 5.41) is 0. The Morgan fingerprint density at radius 2 is 2.00 bits per heavy atom. The van der Waals surface area contributed by atoms with Gasteiger partial charge in [-0.05, 0) is 24.5 Å². The summed E-state index contributed by atoms with van der Waals surface area (Å²) >= 11 is 0. The second-order valence-corrected chi connectivity index (χ2v) is 4.01. The molecule has 0 aromatic heterocycles. The van der Waals surface area contributed by atoms with Gasteiger partial charge in [-0.1, -0.05) is 42.5 Å². The van der Waals surface area contributed by atoms with E-state index in [4.69, 9.17) is 0 Å². The van der Waals surface area contributed by atoms with Crippen molar-refractivity contribution in [1.29, 1.82) is 0 Å². The normalized spacial score (nSPS) is 15.3. The Labute approximate surface area is 91.7 Å². The van der Waals surface area contributed by atoms with E-state index in [2.05, 4.69) is 60.5 Å². The zero-order chi connectivity index (χ0) is 10.5. The van der Waals surface area contributed by atoms with Crippen LogP contribution in [0.5, 0.6) is 0 Å². The van der Waals surface area contributed by atoms with Crippen LogP contribution in [0.4, 0.5) is 0 Å². The molecule has 1 aromatic carbocycles. The van der Waals surface area contributed by atoms with Gasteiger partial charge in [-0.15, -0.1) is 0 Å². The summed E-state index contributed by atoms with van der Waals surface area (Å²) in [7, 11) is 0. The molecule has 1 heteroatoms. The van der Waals surface area contributed by atoms with Crippen LogP contribution < -0.4 is 0 Å². The summed E-state index contributed by atoms with van der Waals surface area (Å²) in [5.41, 5.74) is 2.76. The highest BCUT2D eigenvalue weighted by atomic mass is 15.1. The van der Waals surface area contributed by atoms with Gasteiger partial charge in [0, 0.05) is 19.3 Å². The largest absolute Gasteiger partial charge is 0.373 e.